The van der Waals surface area contributed by atoms with E-state index in [-0.39, 0.29) is 17.1 Å². The molecule has 0 radical (unpaired) electrons. The highest BCUT2D eigenvalue weighted by Gasteiger charge is 2.45. The van der Waals surface area contributed by atoms with Gasteiger partial charge in [-0.2, -0.15) is 0 Å². The second-order valence-electron chi connectivity index (χ2n) is 7.73. The molecule has 31 heavy (non-hydrogen) atoms. The van der Waals surface area contributed by atoms with E-state index >= 15 is 0 Å². The van der Waals surface area contributed by atoms with Crippen molar-refractivity contribution >= 4 is 54.9 Å². The largest absolute Gasteiger partial charge is 0.450 e. The number of rotatable bonds is 2. The molecule has 0 bridgehead atoms. The lowest BCUT2D eigenvalue weighted by molar-refractivity contribution is 0.0971. The van der Waals surface area contributed by atoms with Crippen molar-refractivity contribution in [3.8, 4) is 0 Å². The topological polar surface area (TPSA) is 63.4 Å². The zero-order valence-electron chi connectivity index (χ0n) is 16.7. The first kappa shape index (κ1) is 18.5. The van der Waals surface area contributed by atoms with Crippen LogP contribution in [0.4, 0.5) is 5.13 Å². The molecule has 0 N–H and O–H groups in total. The monoisotopic (exact) mass is 444 g/mol. The standard InChI is InChI=1S/C24H16N2O3S2/c1-12-6-8-16-14(10-12)21(27)19-20(17-4-3-9-30-17)26(23(28)22(19)29-16)24-25-15-7-5-13(2)11-18(15)31-24/h3-11,20H,1-2H3. The van der Waals surface area contributed by atoms with E-state index in [1.165, 1.54) is 22.7 Å². The van der Waals surface area contributed by atoms with Crippen LogP contribution in [0, 0.1) is 13.8 Å². The molecule has 0 saturated heterocycles. The van der Waals surface area contributed by atoms with Gasteiger partial charge in [0.2, 0.25) is 5.76 Å². The fraction of sp³-hybridized carbons (Fsp3) is 0.125. The summed E-state index contributed by atoms with van der Waals surface area (Å²) in [7, 11) is 0. The molecule has 3 aromatic heterocycles. The van der Waals surface area contributed by atoms with Gasteiger partial charge in [-0.1, -0.05) is 35.1 Å². The average Bonchev–Trinajstić information content (AvgIpc) is 3.46. The van der Waals surface area contributed by atoms with Gasteiger partial charge in [-0.25, -0.2) is 4.98 Å². The number of benzene rings is 2. The van der Waals surface area contributed by atoms with Crippen LogP contribution in [0.25, 0.3) is 21.2 Å². The number of aryl methyl sites for hydroxylation is 2. The van der Waals surface area contributed by atoms with Crippen LogP contribution in [0.1, 0.15) is 38.2 Å². The Morgan fingerprint density at radius 2 is 1.84 bits per heavy atom. The highest BCUT2D eigenvalue weighted by atomic mass is 32.1. The molecule has 6 rings (SSSR count). The number of anilines is 1. The van der Waals surface area contributed by atoms with E-state index in [2.05, 4.69) is 6.07 Å². The van der Waals surface area contributed by atoms with Gasteiger partial charge in [0.05, 0.1) is 21.2 Å². The number of carbonyl (C=O) groups excluding carboxylic acids is 1. The van der Waals surface area contributed by atoms with E-state index in [0.29, 0.717) is 21.7 Å². The quantitative estimate of drug-likeness (QED) is 0.344. The van der Waals surface area contributed by atoms with E-state index in [4.69, 9.17) is 9.40 Å². The molecule has 152 valence electrons. The molecule has 7 heteroatoms. The summed E-state index contributed by atoms with van der Waals surface area (Å²) >= 11 is 2.96. The fourth-order valence-corrected chi connectivity index (χ4v) is 6.04. The second-order valence-corrected chi connectivity index (χ2v) is 9.72. The summed E-state index contributed by atoms with van der Waals surface area (Å²) < 4.78 is 7.02. The zero-order valence-corrected chi connectivity index (χ0v) is 18.3. The lowest BCUT2D eigenvalue weighted by Gasteiger charge is -2.20. The van der Waals surface area contributed by atoms with E-state index in [9.17, 15) is 9.59 Å². The third-order valence-corrected chi connectivity index (χ3v) is 7.52. The summed E-state index contributed by atoms with van der Waals surface area (Å²) in [5.41, 5.74) is 3.59. The Bertz CT molecular complexity index is 1560. The second kappa shape index (κ2) is 6.60. The molecule has 1 aliphatic heterocycles. The molecule has 5 nitrogen and oxygen atoms in total. The van der Waals surface area contributed by atoms with Crippen molar-refractivity contribution < 1.29 is 9.21 Å². The highest BCUT2D eigenvalue weighted by Crippen LogP contribution is 2.44. The van der Waals surface area contributed by atoms with Crippen molar-refractivity contribution in [1.82, 2.24) is 4.98 Å². The molecule has 0 saturated carbocycles. The van der Waals surface area contributed by atoms with E-state index < -0.39 is 6.04 Å². The van der Waals surface area contributed by atoms with Crippen molar-refractivity contribution in [2.75, 3.05) is 4.90 Å². The molecule has 1 amide bonds. The smallest absolute Gasteiger partial charge is 0.297 e. The van der Waals surface area contributed by atoms with Crippen LogP contribution >= 0.6 is 22.7 Å². The zero-order chi connectivity index (χ0) is 21.3. The van der Waals surface area contributed by atoms with Gasteiger partial charge in [-0.05, 0) is 55.1 Å². The normalized spacial score (nSPS) is 15.9. The molecule has 0 spiro atoms. The van der Waals surface area contributed by atoms with Gasteiger partial charge >= 0.3 is 0 Å². The lowest BCUT2D eigenvalue weighted by Crippen LogP contribution is -2.28. The maximum atomic E-state index is 13.6. The molecule has 1 atom stereocenters. The van der Waals surface area contributed by atoms with Crippen molar-refractivity contribution in [3.05, 3.63) is 91.5 Å². The number of amides is 1. The Morgan fingerprint density at radius 3 is 2.65 bits per heavy atom. The Balaban J connectivity index is 1.64. The van der Waals surface area contributed by atoms with E-state index in [0.717, 1.165) is 26.2 Å². The maximum Gasteiger partial charge on any atom is 0.297 e. The first-order valence-corrected chi connectivity index (χ1v) is 11.5. The van der Waals surface area contributed by atoms with Gasteiger partial charge in [0.25, 0.3) is 5.91 Å². The molecule has 0 fully saturated rings. The minimum atomic E-state index is -0.551. The van der Waals surface area contributed by atoms with Crippen LogP contribution in [0.2, 0.25) is 0 Å². The van der Waals surface area contributed by atoms with Crippen molar-refractivity contribution in [3.63, 3.8) is 0 Å². The fourth-order valence-electron chi connectivity index (χ4n) is 4.12. The van der Waals surface area contributed by atoms with Crippen molar-refractivity contribution in [2.24, 2.45) is 0 Å². The molecule has 2 aromatic carbocycles. The highest BCUT2D eigenvalue weighted by molar-refractivity contribution is 7.22. The van der Waals surface area contributed by atoms with Crippen LogP contribution in [0.3, 0.4) is 0 Å². The van der Waals surface area contributed by atoms with E-state index in [1.54, 1.807) is 11.0 Å². The van der Waals surface area contributed by atoms with Gasteiger partial charge in [-0.15, -0.1) is 11.3 Å². The van der Waals surface area contributed by atoms with Crippen LogP contribution in [-0.2, 0) is 0 Å². The van der Waals surface area contributed by atoms with Crippen LogP contribution in [-0.4, -0.2) is 10.9 Å². The summed E-state index contributed by atoms with van der Waals surface area (Å²) in [5.74, 6) is -0.223. The number of fused-ring (bicyclic) bond motifs is 3. The SMILES string of the molecule is Cc1ccc2nc(N3C(=O)c4oc5ccc(C)cc5c(=O)c4C3c3cccs3)sc2c1. The van der Waals surface area contributed by atoms with Crippen LogP contribution in [0.5, 0.6) is 0 Å². The minimum Gasteiger partial charge on any atom is -0.450 e. The van der Waals surface area contributed by atoms with E-state index in [1.807, 2.05) is 55.6 Å². The number of nitrogens with zero attached hydrogens (tertiary/aromatic N) is 2. The summed E-state index contributed by atoms with van der Waals surface area (Å²) in [5, 5.41) is 3.01. The Kier molecular flexibility index (Phi) is 3.94. The number of hydrogen-bond donors (Lipinski definition) is 0. The molecule has 5 aromatic rings. The summed E-state index contributed by atoms with van der Waals surface area (Å²) in [6, 6.07) is 14.8. The van der Waals surface area contributed by atoms with Crippen LogP contribution < -0.4 is 10.3 Å². The van der Waals surface area contributed by atoms with Gasteiger partial charge in [0.1, 0.15) is 11.6 Å². The average molecular weight is 445 g/mol. The van der Waals surface area contributed by atoms with Gasteiger partial charge < -0.3 is 4.42 Å². The Hall–Kier alpha value is -3.29. The summed E-state index contributed by atoms with van der Waals surface area (Å²) in [6.07, 6.45) is 0. The summed E-state index contributed by atoms with van der Waals surface area (Å²) in [4.78, 5) is 34.4. The van der Waals surface area contributed by atoms with Crippen LogP contribution in [0.15, 0.2) is 63.1 Å². The molecule has 1 aliphatic rings. The van der Waals surface area contributed by atoms with Crippen molar-refractivity contribution in [1.29, 1.82) is 0 Å². The molecule has 1 unspecified atom stereocenters. The van der Waals surface area contributed by atoms with Crippen molar-refractivity contribution in [2.45, 2.75) is 19.9 Å². The molecule has 4 heterocycles. The predicted molar refractivity (Wildman–Crippen MR) is 125 cm³/mol. The Labute approximate surface area is 185 Å². The van der Waals surface area contributed by atoms with Gasteiger partial charge in [-0.3, -0.25) is 14.5 Å². The number of carbonyl (C=O) groups is 1. The first-order chi connectivity index (χ1) is 15.0. The predicted octanol–water partition coefficient (Wildman–Crippen LogP) is 5.83. The summed E-state index contributed by atoms with van der Waals surface area (Å²) in [6.45, 7) is 3.96. The number of thiophene rings is 1. The number of thiazole rings is 1. The lowest BCUT2D eigenvalue weighted by atomic mass is 10.0. The van der Waals surface area contributed by atoms with Gasteiger partial charge in [0.15, 0.2) is 10.6 Å². The third kappa shape index (κ3) is 2.70. The first-order valence-electron chi connectivity index (χ1n) is 9.83. The number of aromatic nitrogens is 1. The minimum absolute atomic E-state index is 0.107. The molecular weight excluding hydrogens is 428 g/mol. The third-order valence-electron chi connectivity index (χ3n) is 5.58. The number of hydrogen-bond acceptors (Lipinski definition) is 6. The molecular formula is C24H16N2O3S2. The van der Waals surface area contributed by atoms with Gasteiger partial charge in [0, 0.05) is 4.88 Å². The Morgan fingerprint density at radius 1 is 1.03 bits per heavy atom. The molecule has 0 aliphatic carbocycles. The maximum absolute atomic E-state index is 13.6.